The van der Waals surface area contributed by atoms with E-state index >= 15 is 0 Å². The van der Waals surface area contributed by atoms with Crippen LogP contribution in [0.4, 0.5) is 5.69 Å². The highest BCUT2D eigenvalue weighted by Gasteiger charge is 2.26. The number of rotatable bonds is 5. The molecule has 0 amide bonds. The first-order valence-electron chi connectivity index (χ1n) is 8.08. The van der Waals surface area contributed by atoms with Crippen LogP contribution in [0.25, 0.3) is 0 Å². The van der Waals surface area contributed by atoms with Crippen LogP contribution in [-0.2, 0) is 16.0 Å². The summed E-state index contributed by atoms with van der Waals surface area (Å²) < 4.78 is 6.43. The summed E-state index contributed by atoms with van der Waals surface area (Å²) in [6.07, 6.45) is 1.50. The first-order valence-corrected chi connectivity index (χ1v) is 8.87. The van der Waals surface area contributed by atoms with Gasteiger partial charge in [-0.25, -0.2) is 0 Å². The zero-order valence-corrected chi connectivity index (χ0v) is 16.0. The predicted molar refractivity (Wildman–Crippen MR) is 102 cm³/mol. The van der Waals surface area contributed by atoms with Gasteiger partial charge in [-0.1, -0.05) is 36.4 Å². The van der Waals surface area contributed by atoms with Gasteiger partial charge in [-0.15, -0.1) is 0 Å². The minimum Gasteiger partial charge on any atom is -0.459 e. The van der Waals surface area contributed by atoms with Crippen molar-refractivity contribution < 1.29 is 9.53 Å². The summed E-state index contributed by atoms with van der Waals surface area (Å²) in [5.41, 5.74) is 8.15. The maximum Gasteiger partial charge on any atom is 0.313 e. The predicted octanol–water partition coefficient (Wildman–Crippen LogP) is 5.09. The minimum absolute atomic E-state index is 0.199. The Morgan fingerprint density at radius 2 is 1.83 bits per heavy atom. The number of anilines is 1. The molecule has 0 saturated carbocycles. The Kier molecular flexibility index (Phi) is 6.05. The Morgan fingerprint density at radius 3 is 2.42 bits per heavy atom. The summed E-state index contributed by atoms with van der Waals surface area (Å²) in [5, 5.41) is 0. The van der Waals surface area contributed by atoms with E-state index in [1.165, 1.54) is 5.56 Å². The zero-order chi connectivity index (χ0) is 17.7. The van der Waals surface area contributed by atoms with Gasteiger partial charge in [-0.3, -0.25) is 4.79 Å². The van der Waals surface area contributed by atoms with E-state index in [0.29, 0.717) is 12.1 Å². The smallest absolute Gasteiger partial charge is 0.313 e. The molecule has 2 N–H and O–H groups in total. The Hall–Kier alpha value is -1.81. The number of carbonyl (C=O) groups excluding carboxylic acids is 1. The van der Waals surface area contributed by atoms with Gasteiger partial charge in [-0.2, -0.15) is 0 Å². The van der Waals surface area contributed by atoms with Crippen LogP contribution in [0.2, 0.25) is 0 Å². The molecule has 1 atom stereocenters. The number of carbonyl (C=O) groups is 1. The van der Waals surface area contributed by atoms with E-state index in [1.807, 2.05) is 57.2 Å². The highest BCUT2D eigenvalue weighted by atomic mass is 79.9. The number of hydrogen-bond donors (Lipinski definition) is 1. The molecule has 128 valence electrons. The van der Waals surface area contributed by atoms with Crippen molar-refractivity contribution in [2.24, 2.45) is 0 Å². The van der Waals surface area contributed by atoms with Gasteiger partial charge in [0.2, 0.25) is 0 Å². The third-order valence-electron chi connectivity index (χ3n) is 3.68. The van der Waals surface area contributed by atoms with Gasteiger partial charge in [0.15, 0.2) is 0 Å². The molecule has 3 nitrogen and oxygen atoms in total. The van der Waals surface area contributed by atoms with Crippen LogP contribution in [0, 0.1) is 0 Å². The average molecular weight is 390 g/mol. The third kappa shape index (κ3) is 5.38. The van der Waals surface area contributed by atoms with E-state index in [4.69, 9.17) is 10.5 Å². The first kappa shape index (κ1) is 18.5. The lowest BCUT2D eigenvalue weighted by Gasteiger charge is -2.24. The quantitative estimate of drug-likeness (QED) is 0.572. The molecular weight excluding hydrogens is 366 g/mol. The van der Waals surface area contributed by atoms with Crippen LogP contribution in [-0.4, -0.2) is 11.6 Å². The molecular formula is C20H24BrNO2. The molecule has 0 aliphatic rings. The molecule has 24 heavy (non-hydrogen) atoms. The monoisotopic (exact) mass is 389 g/mol. The summed E-state index contributed by atoms with van der Waals surface area (Å²) >= 11 is 3.44. The number of halogens is 1. The van der Waals surface area contributed by atoms with E-state index in [-0.39, 0.29) is 11.9 Å². The number of benzene rings is 2. The van der Waals surface area contributed by atoms with Gasteiger partial charge in [0, 0.05) is 10.2 Å². The largest absolute Gasteiger partial charge is 0.459 e. The summed E-state index contributed by atoms with van der Waals surface area (Å²) in [6.45, 7) is 5.66. The van der Waals surface area contributed by atoms with Crippen molar-refractivity contribution in [3.63, 3.8) is 0 Å². The van der Waals surface area contributed by atoms with E-state index in [2.05, 4.69) is 28.1 Å². The van der Waals surface area contributed by atoms with E-state index in [0.717, 1.165) is 16.5 Å². The molecule has 0 saturated heterocycles. The van der Waals surface area contributed by atoms with Crippen LogP contribution in [0.15, 0.2) is 53.0 Å². The molecule has 0 aliphatic carbocycles. The number of nitrogens with two attached hydrogens (primary N) is 1. The van der Waals surface area contributed by atoms with Crippen molar-refractivity contribution in [1.82, 2.24) is 0 Å². The van der Waals surface area contributed by atoms with Gasteiger partial charge >= 0.3 is 5.97 Å². The fraction of sp³-hybridized carbons (Fsp3) is 0.350. The second-order valence-corrected chi connectivity index (χ2v) is 7.75. The summed E-state index contributed by atoms with van der Waals surface area (Å²) in [5.74, 6) is -0.517. The molecule has 4 heteroatoms. The minimum atomic E-state index is -0.507. The van der Waals surface area contributed by atoms with Crippen LogP contribution in [0.5, 0.6) is 0 Å². The van der Waals surface area contributed by atoms with Crippen LogP contribution in [0.3, 0.4) is 0 Å². The highest BCUT2D eigenvalue weighted by Crippen LogP contribution is 2.30. The molecule has 0 fully saturated rings. The number of esters is 1. The number of aryl methyl sites for hydroxylation is 1. The Balaban J connectivity index is 2.23. The maximum atomic E-state index is 12.7. The molecule has 0 bridgehead atoms. The molecule has 0 spiro atoms. The Morgan fingerprint density at radius 1 is 1.17 bits per heavy atom. The molecule has 2 aromatic rings. The standard InChI is InChI=1S/C20H24BrNO2/c1-20(2,3)24-19(23)16(11-9-14-7-5-4-6-8-14)15-10-12-18(22)17(21)13-15/h4-8,10,12-13,16H,9,11,22H2,1-3H3. The van der Waals surface area contributed by atoms with Crippen molar-refractivity contribution in [3.8, 4) is 0 Å². The third-order valence-corrected chi connectivity index (χ3v) is 4.37. The van der Waals surface area contributed by atoms with E-state index in [9.17, 15) is 4.79 Å². The fourth-order valence-corrected chi connectivity index (χ4v) is 2.91. The lowest BCUT2D eigenvalue weighted by Crippen LogP contribution is -2.28. The van der Waals surface area contributed by atoms with Gasteiger partial charge in [-0.05, 0) is 72.8 Å². The van der Waals surface area contributed by atoms with Crippen molar-refractivity contribution in [2.75, 3.05) is 5.73 Å². The van der Waals surface area contributed by atoms with E-state index < -0.39 is 5.60 Å². The fourth-order valence-electron chi connectivity index (χ4n) is 2.51. The highest BCUT2D eigenvalue weighted by molar-refractivity contribution is 9.10. The molecule has 0 heterocycles. The molecule has 0 aliphatic heterocycles. The second kappa shape index (κ2) is 7.84. The lowest BCUT2D eigenvalue weighted by molar-refractivity contribution is -0.156. The van der Waals surface area contributed by atoms with Crippen LogP contribution >= 0.6 is 15.9 Å². The van der Waals surface area contributed by atoms with Gasteiger partial charge < -0.3 is 10.5 Å². The Labute approximate surface area is 152 Å². The number of ether oxygens (including phenoxy) is 1. The maximum absolute atomic E-state index is 12.7. The summed E-state index contributed by atoms with van der Waals surface area (Å²) in [6, 6.07) is 15.8. The summed E-state index contributed by atoms with van der Waals surface area (Å²) in [7, 11) is 0. The molecule has 0 radical (unpaired) electrons. The zero-order valence-electron chi connectivity index (χ0n) is 14.4. The normalized spacial score (nSPS) is 12.7. The van der Waals surface area contributed by atoms with E-state index in [1.54, 1.807) is 0 Å². The van der Waals surface area contributed by atoms with Gasteiger partial charge in [0.25, 0.3) is 0 Å². The number of hydrogen-bond acceptors (Lipinski definition) is 3. The van der Waals surface area contributed by atoms with Gasteiger partial charge in [0.1, 0.15) is 5.60 Å². The van der Waals surface area contributed by atoms with Crippen LogP contribution in [0.1, 0.15) is 44.2 Å². The molecule has 1 unspecified atom stereocenters. The summed E-state index contributed by atoms with van der Waals surface area (Å²) in [4.78, 5) is 12.7. The number of nitrogen functional groups attached to an aromatic ring is 1. The average Bonchev–Trinajstić information content (AvgIpc) is 2.50. The van der Waals surface area contributed by atoms with Crippen molar-refractivity contribution in [1.29, 1.82) is 0 Å². The second-order valence-electron chi connectivity index (χ2n) is 6.89. The molecule has 0 aromatic heterocycles. The topological polar surface area (TPSA) is 52.3 Å². The molecule has 2 rings (SSSR count). The molecule has 2 aromatic carbocycles. The van der Waals surface area contributed by atoms with Crippen molar-refractivity contribution >= 4 is 27.6 Å². The first-order chi connectivity index (χ1) is 11.3. The lowest BCUT2D eigenvalue weighted by atomic mass is 9.92. The van der Waals surface area contributed by atoms with Crippen molar-refractivity contribution in [2.45, 2.75) is 45.1 Å². The van der Waals surface area contributed by atoms with Crippen LogP contribution < -0.4 is 5.73 Å². The van der Waals surface area contributed by atoms with Crippen molar-refractivity contribution in [3.05, 3.63) is 64.1 Å². The van der Waals surface area contributed by atoms with Gasteiger partial charge in [0.05, 0.1) is 5.92 Å². The Bertz CT molecular complexity index is 693. The SMILES string of the molecule is CC(C)(C)OC(=O)C(CCc1ccccc1)c1ccc(N)c(Br)c1.